The molecule has 27 heavy (non-hydrogen) atoms. The molecule has 5 nitrogen and oxygen atoms in total. The van der Waals surface area contributed by atoms with Gasteiger partial charge in [-0.3, -0.25) is 4.79 Å². The number of amides is 2. The highest BCUT2D eigenvalue weighted by Gasteiger charge is 2.29. The monoisotopic (exact) mass is 396 g/mol. The Hall–Kier alpha value is -1.76. The number of likely N-dealkylation sites (tertiary alicyclic amines) is 1. The molecule has 1 fully saturated rings. The van der Waals surface area contributed by atoms with E-state index in [4.69, 9.17) is 4.74 Å². The third kappa shape index (κ3) is 7.40. The SMILES string of the molecule is CC(C)(C)OC(=O)N1CCC(C(=O)NCCSCc2ccccc2F)CC1. The molecule has 0 aliphatic carbocycles. The van der Waals surface area contributed by atoms with E-state index in [1.807, 2.05) is 26.8 Å². The highest BCUT2D eigenvalue weighted by molar-refractivity contribution is 7.98. The Bertz CT molecular complexity index is 640. The number of hydrogen-bond donors (Lipinski definition) is 1. The molecule has 1 aromatic carbocycles. The van der Waals surface area contributed by atoms with Gasteiger partial charge in [0.25, 0.3) is 0 Å². The number of nitrogens with one attached hydrogen (secondary N) is 1. The van der Waals surface area contributed by atoms with Gasteiger partial charge in [0.1, 0.15) is 11.4 Å². The fraction of sp³-hybridized carbons (Fsp3) is 0.600. The van der Waals surface area contributed by atoms with Crippen LogP contribution in [0.3, 0.4) is 0 Å². The molecule has 0 saturated carbocycles. The van der Waals surface area contributed by atoms with E-state index in [1.165, 1.54) is 6.07 Å². The fourth-order valence-corrected chi connectivity index (χ4v) is 3.68. The first kappa shape index (κ1) is 21.5. The number of hydrogen-bond acceptors (Lipinski definition) is 4. The van der Waals surface area contributed by atoms with Crippen LogP contribution < -0.4 is 5.32 Å². The van der Waals surface area contributed by atoms with Crippen LogP contribution in [0.25, 0.3) is 0 Å². The summed E-state index contributed by atoms with van der Waals surface area (Å²) in [6, 6.07) is 6.74. The minimum absolute atomic E-state index is 0.0327. The summed E-state index contributed by atoms with van der Waals surface area (Å²) in [6.07, 6.45) is 0.979. The zero-order chi connectivity index (χ0) is 19.9. The van der Waals surface area contributed by atoms with Crippen molar-refractivity contribution in [2.24, 2.45) is 5.92 Å². The number of carbonyl (C=O) groups is 2. The minimum atomic E-state index is -0.508. The molecule has 0 atom stereocenters. The molecule has 0 radical (unpaired) electrons. The number of halogens is 1. The molecule has 2 amide bonds. The smallest absolute Gasteiger partial charge is 0.410 e. The second-order valence-electron chi connectivity index (χ2n) is 7.68. The first-order valence-electron chi connectivity index (χ1n) is 9.33. The van der Waals surface area contributed by atoms with E-state index >= 15 is 0 Å². The van der Waals surface area contributed by atoms with Crippen LogP contribution in [0.2, 0.25) is 0 Å². The molecule has 7 heteroatoms. The quantitative estimate of drug-likeness (QED) is 0.743. The zero-order valence-electron chi connectivity index (χ0n) is 16.3. The van der Waals surface area contributed by atoms with E-state index in [-0.39, 0.29) is 23.7 Å². The summed E-state index contributed by atoms with van der Waals surface area (Å²) in [5.74, 6) is 1.10. The summed E-state index contributed by atoms with van der Waals surface area (Å²) in [5.41, 5.74) is 0.175. The van der Waals surface area contributed by atoms with Crippen molar-refractivity contribution in [1.29, 1.82) is 0 Å². The average Bonchev–Trinajstić information content (AvgIpc) is 2.61. The van der Waals surface area contributed by atoms with Gasteiger partial charge in [0.2, 0.25) is 5.91 Å². The number of rotatable bonds is 6. The molecule has 0 bridgehead atoms. The summed E-state index contributed by atoms with van der Waals surface area (Å²) < 4.78 is 18.9. The highest BCUT2D eigenvalue weighted by atomic mass is 32.2. The zero-order valence-corrected chi connectivity index (χ0v) is 17.1. The second kappa shape index (κ2) is 9.97. The molecule has 1 aromatic rings. The first-order valence-corrected chi connectivity index (χ1v) is 10.5. The lowest BCUT2D eigenvalue weighted by Gasteiger charge is -2.32. The number of carbonyl (C=O) groups excluding carboxylic acids is 2. The molecule has 1 aliphatic rings. The predicted octanol–water partition coefficient (Wildman–Crippen LogP) is 3.82. The Morgan fingerprint density at radius 3 is 2.56 bits per heavy atom. The van der Waals surface area contributed by atoms with Crippen molar-refractivity contribution in [3.63, 3.8) is 0 Å². The lowest BCUT2D eigenvalue weighted by Crippen LogP contribution is -2.45. The van der Waals surface area contributed by atoms with Crippen molar-refractivity contribution < 1.29 is 18.7 Å². The van der Waals surface area contributed by atoms with Gasteiger partial charge in [0.15, 0.2) is 0 Å². The predicted molar refractivity (Wildman–Crippen MR) is 106 cm³/mol. The summed E-state index contributed by atoms with van der Waals surface area (Å²) in [7, 11) is 0. The molecule has 2 rings (SSSR count). The van der Waals surface area contributed by atoms with Crippen molar-refractivity contribution in [1.82, 2.24) is 10.2 Å². The number of benzene rings is 1. The van der Waals surface area contributed by atoms with E-state index in [1.54, 1.807) is 28.8 Å². The van der Waals surface area contributed by atoms with Gasteiger partial charge in [0.05, 0.1) is 0 Å². The van der Waals surface area contributed by atoms with Crippen LogP contribution >= 0.6 is 11.8 Å². The number of ether oxygens (including phenoxy) is 1. The maximum Gasteiger partial charge on any atom is 0.410 e. The summed E-state index contributed by atoms with van der Waals surface area (Å²) in [6.45, 7) is 7.16. The van der Waals surface area contributed by atoms with Crippen LogP contribution in [-0.4, -0.2) is 47.9 Å². The van der Waals surface area contributed by atoms with Crippen LogP contribution in [-0.2, 0) is 15.3 Å². The molecule has 0 unspecified atom stereocenters. The van der Waals surface area contributed by atoms with Gasteiger partial charge in [-0.25, -0.2) is 9.18 Å². The van der Waals surface area contributed by atoms with Crippen LogP contribution in [0.1, 0.15) is 39.2 Å². The van der Waals surface area contributed by atoms with Crippen LogP contribution in [0.4, 0.5) is 9.18 Å². The lowest BCUT2D eigenvalue weighted by molar-refractivity contribution is -0.126. The largest absolute Gasteiger partial charge is 0.444 e. The van der Waals surface area contributed by atoms with Gasteiger partial charge in [-0.1, -0.05) is 18.2 Å². The van der Waals surface area contributed by atoms with E-state index in [2.05, 4.69) is 5.32 Å². The molecule has 1 heterocycles. The van der Waals surface area contributed by atoms with Gasteiger partial charge in [-0.05, 0) is 45.2 Å². The maximum absolute atomic E-state index is 13.5. The van der Waals surface area contributed by atoms with E-state index in [0.29, 0.717) is 43.8 Å². The third-order valence-corrected chi connectivity index (χ3v) is 5.29. The van der Waals surface area contributed by atoms with Gasteiger partial charge in [-0.15, -0.1) is 0 Å². The summed E-state index contributed by atoms with van der Waals surface area (Å²) in [5, 5.41) is 2.95. The number of thioether (sulfide) groups is 1. The summed E-state index contributed by atoms with van der Waals surface area (Å²) in [4.78, 5) is 26.0. The van der Waals surface area contributed by atoms with E-state index in [9.17, 15) is 14.0 Å². The van der Waals surface area contributed by atoms with Crippen molar-refractivity contribution in [3.05, 3.63) is 35.6 Å². The average molecular weight is 397 g/mol. The Labute approximate surface area is 165 Å². The normalized spacial score (nSPS) is 15.5. The Kier molecular flexibility index (Phi) is 7.95. The molecular weight excluding hydrogens is 367 g/mol. The third-order valence-electron chi connectivity index (χ3n) is 4.28. The number of piperidine rings is 1. The van der Waals surface area contributed by atoms with Crippen molar-refractivity contribution in [2.45, 2.75) is 45.0 Å². The second-order valence-corrected chi connectivity index (χ2v) is 8.78. The topological polar surface area (TPSA) is 58.6 Å². The Morgan fingerprint density at radius 2 is 1.93 bits per heavy atom. The molecule has 1 saturated heterocycles. The fourth-order valence-electron chi connectivity index (χ4n) is 2.84. The van der Waals surface area contributed by atoms with E-state index in [0.717, 1.165) is 5.75 Å². The standard InChI is InChI=1S/C20H29FN2O3S/c1-20(2,3)26-19(25)23-11-8-15(9-12-23)18(24)22-10-13-27-14-16-6-4-5-7-17(16)21/h4-7,15H,8-14H2,1-3H3,(H,22,24). The van der Waals surface area contributed by atoms with Crippen molar-refractivity contribution in [3.8, 4) is 0 Å². The Balaban J connectivity index is 1.62. The van der Waals surface area contributed by atoms with Crippen LogP contribution in [0.15, 0.2) is 24.3 Å². The van der Waals surface area contributed by atoms with Crippen molar-refractivity contribution >= 4 is 23.8 Å². The molecule has 1 N–H and O–H groups in total. The van der Waals surface area contributed by atoms with E-state index < -0.39 is 5.60 Å². The summed E-state index contributed by atoms with van der Waals surface area (Å²) >= 11 is 1.59. The van der Waals surface area contributed by atoms with Gasteiger partial charge in [-0.2, -0.15) is 11.8 Å². The van der Waals surface area contributed by atoms with Gasteiger partial charge < -0.3 is 15.0 Å². The minimum Gasteiger partial charge on any atom is -0.444 e. The van der Waals surface area contributed by atoms with Gasteiger partial charge >= 0.3 is 6.09 Å². The van der Waals surface area contributed by atoms with Crippen LogP contribution in [0, 0.1) is 11.7 Å². The lowest BCUT2D eigenvalue weighted by atomic mass is 9.96. The highest BCUT2D eigenvalue weighted by Crippen LogP contribution is 2.20. The maximum atomic E-state index is 13.5. The molecule has 150 valence electrons. The van der Waals surface area contributed by atoms with Gasteiger partial charge in [0, 0.05) is 37.1 Å². The first-order chi connectivity index (χ1) is 12.8. The molecule has 1 aliphatic heterocycles. The number of nitrogens with zero attached hydrogens (tertiary/aromatic N) is 1. The Morgan fingerprint density at radius 1 is 1.26 bits per heavy atom. The molecule has 0 aromatic heterocycles. The molecular formula is C20H29FN2O3S. The molecule has 0 spiro atoms. The van der Waals surface area contributed by atoms with Crippen molar-refractivity contribution in [2.75, 3.05) is 25.4 Å². The van der Waals surface area contributed by atoms with Crippen LogP contribution in [0.5, 0.6) is 0 Å².